The molecule has 1 saturated heterocycles. The van der Waals surface area contributed by atoms with Gasteiger partial charge in [0, 0.05) is 53.5 Å². The number of piperidine rings is 1. The number of aromatic amines is 1. The number of hydrogen-bond acceptors (Lipinski definition) is 5. The van der Waals surface area contributed by atoms with Crippen LogP contribution in [-0.2, 0) is 23.0 Å². The summed E-state index contributed by atoms with van der Waals surface area (Å²) in [6.07, 6.45) is 3.01. The Kier molecular flexibility index (Phi) is 8.44. The average molecular weight is 543 g/mol. The Morgan fingerprint density at radius 1 is 1.21 bits per heavy atom. The van der Waals surface area contributed by atoms with E-state index in [2.05, 4.69) is 28.7 Å². The summed E-state index contributed by atoms with van der Waals surface area (Å²) in [4.78, 5) is 29.1. The van der Waals surface area contributed by atoms with Crippen molar-refractivity contribution in [2.75, 3.05) is 19.0 Å². The van der Waals surface area contributed by atoms with E-state index in [1.54, 1.807) is 0 Å². The Labute approximate surface area is 223 Å². The second-order valence-corrected chi connectivity index (χ2v) is 12.2. The number of sulfonamides is 1. The number of aromatic nitrogens is 2. The maximum Gasteiger partial charge on any atom is 0.254 e. The number of hydrogen-bond donors (Lipinski definition) is 3. The zero-order valence-corrected chi connectivity index (χ0v) is 23.4. The molecule has 3 aromatic rings. The molecule has 0 bridgehead atoms. The molecule has 1 aliphatic heterocycles. The first kappa shape index (κ1) is 28.1. The van der Waals surface area contributed by atoms with Gasteiger partial charge in [-0.05, 0) is 63.6 Å². The number of carbonyl (C=O) groups excluding carboxylic acids is 1. The molecule has 0 aliphatic carbocycles. The number of para-hydroxylation sites is 1. The number of rotatable bonds is 9. The maximum absolute atomic E-state index is 13.6. The summed E-state index contributed by atoms with van der Waals surface area (Å²) in [5, 5.41) is 13.1. The highest BCUT2D eigenvalue weighted by atomic mass is 32.2. The monoisotopic (exact) mass is 542 g/mol. The van der Waals surface area contributed by atoms with Gasteiger partial charge in [-0.1, -0.05) is 31.5 Å². The lowest BCUT2D eigenvalue weighted by atomic mass is 9.91. The summed E-state index contributed by atoms with van der Waals surface area (Å²) >= 11 is 0. The van der Waals surface area contributed by atoms with Crippen LogP contribution in [0.1, 0.15) is 72.0 Å². The molecular formula is C28H38N4O5S. The van der Waals surface area contributed by atoms with Crippen LogP contribution in [0, 0.1) is 19.8 Å². The molecule has 1 amide bonds. The molecule has 0 spiro atoms. The Morgan fingerprint density at radius 3 is 2.55 bits per heavy atom. The zero-order chi connectivity index (χ0) is 27.6. The van der Waals surface area contributed by atoms with E-state index in [0.29, 0.717) is 37.1 Å². The standard InChI is InChI=1S/C28H38N4O5S/c1-5-8-22-15-18(2)30-27(34)24(22)16-29-28(35)26-20(4)32(25-10-7-6-9-23(25)26)19(3)21-11-13-31(14-12-21)38(36,37)17-33/h6-7,9-10,15,19,21,33H,5,8,11-14,16-17H2,1-4H3,(H,29,35)(H,30,34)/t19-/m1/s1. The lowest BCUT2D eigenvalue weighted by Gasteiger charge is -2.35. The van der Waals surface area contributed by atoms with Gasteiger partial charge in [0.2, 0.25) is 10.0 Å². The summed E-state index contributed by atoms with van der Waals surface area (Å²) in [5.74, 6) is -0.884. The molecule has 3 N–H and O–H groups in total. The maximum atomic E-state index is 13.6. The minimum Gasteiger partial charge on any atom is -0.379 e. The van der Waals surface area contributed by atoms with Crippen LogP contribution in [0.4, 0.5) is 0 Å². The van der Waals surface area contributed by atoms with E-state index < -0.39 is 16.0 Å². The van der Waals surface area contributed by atoms with Crippen LogP contribution in [0.3, 0.4) is 0 Å². The van der Waals surface area contributed by atoms with Gasteiger partial charge in [0.25, 0.3) is 11.5 Å². The number of pyridine rings is 1. The minimum absolute atomic E-state index is 0.0385. The fourth-order valence-corrected chi connectivity index (χ4v) is 6.79. The summed E-state index contributed by atoms with van der Waals surface area (Å²) in [7, 11) is -3.62. The van der Waals surface area contributed by atoms with Gasteiger partial charge in [-0.25, -0.2) is 8.42 Å². The Balaban J connectivity index is 1.60. The van der Waals surface area contributed by atoms with Crippen molar-refractivity contribution in [3.05, 3.63) is 68.8 Å². The van der Waals surface area contributed by atoms with E-state index in [0.717, 1.165) is 40.7 Å². The summed E-state index contributed by atoms with van der Waals surface area (Å²) in [5.41, 5.74) is 4.56. The molecule has 10 heteroatoms. The van der Waals surface area contributed by atoms with Gasteiger partial charge >= 0.3 is 0 Å². The van der Waals surface area contributed by atoms with E-state index in [1.807, 2.05) is 44.2 Å². The van der Waals surface area contributed by atoms with Gasteiger partial charge in [-0.15, -0.1) is 0 Å². The van der Waals surface area contributed by atoms with Crippen molar-refractivity contribution in [2.45, 2.75) is 66.0 Å². The predicted molar refractivity (Wildman–Crippen MR) is 149 cm³/mol. The van der Waals surface area contributed by atoms with Crippen LogP contribution < -0.4 is 10.9 Å². The number of aryl methyl sites for hydroxylation is 2. The lowest BCUT2D eigenvalue weighted by molar-refractivity contribution is 0.0951. The van der Waals surface area contributed by atoms with Gasteiger partial charge in [-0.3, -0.25) is 9.59 Å². The highest BCUT2D eigenvalue weighted by Gasteiger charge is 2.32. The predicted octanol–water partition coefficient (Wildman–Crippen LogP) is 3.38. The quantitative estimate of drug-likeness (QED) is 0.382. The molecular weight excluding hydrogens is 504 g/mol. The van der Waals surface area contributed by atoms with Crippen LogP contribution in [0.2, 0.25) is 0 Å². The highest BCUT2D eigenvalue weighted by Crippen LogP contribution is 2.36. The first-order valence-corrected chi connectivity index (χ1v) is 14.9. The van der Waals surface area contributed by atoms with Gasteiger partial charge in [-0.2, -0.15) is 4.31 Å². The highest BCUT2D eigenvalue weighted by molar-refractivity contribution is 7.88. The second-order valence-electron chi connectivity index (χ2n) is 10.3. The van der Waals surface area contributed by atoms with Crippen LogP contribution in [0.15, 0.2) is 35.1 Å². The lowest BCUT2D eigenvalue weighted by Crippen LogP contribution is -2.41. The molecule has 1 atom stereocenters. The first-order valence-electron chi connectivity index (χ1n) is 13.3. The van der Waals surface area contributed by atoms with E-state index >= 15 is 0 Å². The molecule has 2 aromatic heterocycles. The SMILES string of the molecule is CCCc1cc(C)[nH]c(=O)c1CNC(=O)c1c(C)n([C@H](C)C2CCN(S(=O)(=O)CO)CC2)c2ccccc12. The van der Waals surface area contributed by atoms with E-state index in [9.17, 15) is 23.1 Å². The third kappa shape index (κ3) is 5.43. The molecule has 9 nitrogen and oxygen atoms in total. The molecule has 4 rings (SSSR count). The van der Waals surface area contributed by atoms with Gasteiger partial charge in [0.1, 0.15) is 0 Å². The summed E-state index contributed by atoms with van der Waals surface area (Å²) in [6, 6.07) is 9.82. The third-order valence-electron chi connectivity index (χ3n) is 7.84. The van der Waals surface area contributed by atoms with Gasteiger partial charge < -0.3 is 20.0 Å². The number of fused-ring (bicyclic) bond motifs is 1. The Bertz CT molecular complexity index is 1480. The van der Waals surface area contributed by atoms with Crippen LogP contribution in [0.25, 0.3) is 10.9 Å². The number of benzene rings is 1. The number of nitrogens with one attached hydrogen (secondary N) is 2. The van der Waals surface area contributed by atoms with E-state index in [4.69, 9.17) is 0 Å². The van der Waals surface area contributed by atoms with Crippen molar-refractivity contribution < 1.29 is 18.3 Å². The summed E-state index contributed by atoms with van der Waals surface area (Å²) < 4.78 is 27.7. The number of nitrogens with zero attached hydrogens (tertiary/aromatic N) is 2. The van der Waals surface area contributed by atoms with Gasteiger partial charge in [0.15, 0.2) is 5.94 Å². The Hall–Kier alpha value is -2.95. The topological polar surface area (TPSA) is 124 Å². The van der Waals surface area contributed by atoms with Crippen molar-refractivity contribution >= 4 is 26.8 Å². The molecule has 0 radical (unpaired) electrons. The van der Waals surface area contributed by atoms with E-state index in [1.165, 1.54) is 4.31 Å². The number of H-pyrrole nitrogens is 1. The van der Waals surface area contributed by atoms with Crippen LogP contribution >= 0.6 is 0 Å². The zero-order valence-electron chi connectivity index (χ0n) is 22.6. The van der Waals surface area contributed by atoms with Crippen molar-refractivity contribution in [2.24, 2.45) is 5.92 Å². The molecule has 0 saturated carbocycles. The van der Waals surface area contributed by atoms with Gasteiger partial charge in [0.05, 0.1) is 5.56 Å². The average Bonchev–Trinajstić information content (AvgIpc) is 3.19. The summed E-state index contributed by atoms with van der Waals surface area (Å²) in [6.45, 7) is 8.87. The number of aliphatic hydroxyl groups excluding tert-OH is 1. The fraction of sp³-hybridized carbons (Fsp3) is 0.500. The van der Waals surface area contributed by atoms with Crippen molar-refractivity contribution in [3.63, 3.8) is 0 Å². The molecule has 1 aliphatic rings. The second kappa shape index (κ2) is 11.4. The number of carbonyl (C=O) groups is 1. The molecule has 38 heavy (non-hydrogen) atoms. The molecule has 1 fully saturated rings. The van der Waals surface area contributed by atoms with Crippen molar-refractivity contribution in [3.8, 4) is 0 Å². The smallest absolute Gasteiger partial charge is 0.254 e. The molecule has 1 aromatic carbocycles. The van der Waals surface area contributed by atoms with Crippen LogP contribution in [0.5, 0.6) is 0 Å². The van der Waals surface area contributed by atoms with Crippen LogP contribution in [-0.4, -0.2) is 52.3 Å². The first-order chi connectivity index (χ1) is 18.1. The molecule has 0 unspecified atom stereocenters. The number of aliphatic hydroxyl groups is 1. The molecule has 206 valence electrons. The normalized spacial score (nSPS) is 16.1. The van der Waals surface area contributed by atoms with Crippen molar-refractivity contribution in [1.29, 1.82) is 0 Å². The third-order valence-corrected chi connectivity index (χ3v) is 9.31. The minimum atomic E-state index is -3.62. The number of amides is 1. The van der Waals surface area contributed by atoms with E-state index in [-0.39, 0.29) is 30.0 Å². The molecule has 3 heterocycles. The Morgan fingerprint density at radius 2 is 1.89 bits per heavy atom. The largest absolute Gasteiger partial charge is 0.379 e. The fourth-order valence-electron chi connectivity index (χ4n) is 5.86. The van der Waals surface area contributed by atoms with Crippen molar-refractivity contribution in [1.82, 2.24) is 19.2 Å².